The van der Waals surface area contributed by atoms with E-state index in [1.165, 1.54) is 56.1 Å². The minimum Gasteiger partial charge on any atom is -0.206 e. The Balaban J connectivity index is 1.30. The van der Waals surface area contributed by atoms with Gasteiger partial charge in [0, 0.05) is 14.4 Å². The molecule has 3 aromatic carbocycles. The summed E-state index contributed by atoms with van der Waals surface area (Å²) in [4.78, 5) is 0. The number of hydrogen-bond donors (Lipinski definition) is 0. The molecule has 1 aliphatic rings. The van der Waals surface area contributed by atoms with E-state index in [0.717, 1.165) is 35.4 Å². The Bertz CT molecular complexity index is 1030. The fraction of sp³-hybridized carbons (Fsp3) is 0.455. The van der Waals surface area contributed by atoms with Gasteiger partial charge in [-0.15, -0.1) is 0 Å². The van der Waals surface area contributed by atoms with Gasteiger partial charge < -0.3 is 0 Å². The van der Waals surface area contributed by atoms with E-state index in [1.54, 1.807) is 24.2 Å². The number of rotatable bonds is 11. The van der Waals surface area contributed by atoms with Gasteiger partial charge in [-0.25, -0.2) is 4.39 Å². The SMILES string of the molecule is CCCCC[SiH]1CCC(CCc2ccc(-c3ccc(-c4ccc(CCC)cc4)c(F)c3)cc2)CC1. The third kappa shape index (κ3) is 7.40. The molecule has 0 atom stereocenters. The van der Waals surface area contributed by atoms with Crippen molar-refractivity contribution in [3.05, 3.63) is 83.7 Å². The Morgan fingerprint density at radius 2 is 1.34 bits per heavy atom. The number of aryl methyl sites for hydroxylation is 2. The maximum atomic E-state index is 15.0. The molecule has 0 bridgehead atoms. The Morgan fingerprint density at radius 3 is 1.97 bits per heavy atom. The third-order valence-electron chi connectivity index (χ3n) is 8.08. The molecule has 0 saturated carbocycles. The molecule has 0 nitrogen and oxygen atoms in total. The van der Waals surface area contributed by atoms with Crippen molar-refractivity contribution in [2.45, 2.75) is 89.8 Å². The minimum absolute atomic E-state index is 0.149. The van der Waals surface area contributed by atoms with E-state index < -0.39 is 8.80 Å². The van der Waals surface area contributed by atoms with Gasteiger partial charge >= 0.3 is 0 Å². The van der Waals surface area contributed by atoms with Crippen molar-refractivity contribution >= 4 is 8.80 Å². The molecule has 0 unspecified atom stereocenters. The second kappa shape index (κ2) is 13.2. The molecule has 2 heteroatoms. The molecule has 3 aromatic rings. The van der Waals surface area contributed by atoms with Gasteiger partial charge in [0.1, 0.15) is 5.82 Å². The first-order valence-electron chi connectivity index (χ1n) is 14.1. The van der Waals surface area contributed by atoms with Gasteiger partial charge in [0.05, 0.1) is 0 Å². The highest BCUT2D eigenvalue weighted by Gasteiger charge is 2.21. The highest BCUT2D eigenvalue weighted by molar-refractivity contribution is 6.58. The third-order valence-corrected chi connectivity index (χ3v) is 11.6. The zero-order valence-electron chi connectivity index (χ0n) is 21.9. The van der Waals surface area contributed by atoms with Gasteiger partial charge in [-0.05, 0) is 59.1 Å². The van der Waals surface area contributed by atoms with Crippen LogP contribution < -0.4 is 0 Å². The van der Waals surface area contributed by atoms with Crippen LogP contribution in [0, 0.1) is 11.7 Å². The second-order valence-electron chi connectivity index (χ2n) is 10.8. The van der Waals surface area contributed by atoms with Gasteiger partial charge in [0.15, 0.2) is 0 Å². The summed E-state index contributed by atoms with van der Waals surface area (Å²) >= 11 is 0. The molecule has 0 aromatic heterocycles. The van der Waals surface area contributed by atoms with Crippen molar-refractivity contribution in [3.63, 3.8) is 0 Å². The number of halogens is 1. The summed E-state index contributed by atoms with van der Waals surface area (Å²) in [5.74, 6) is 0.783. The van der Waals surface area contributed by atoms with Crippen molar-refractivity contribution in [3.8, 4) is 22.3 Å². The molecule has 186 valence electrons. The lowest BCUT2D eigenvalue weighted by Crippen LogP contribution is -2.21. The molecular formula is C33H43FSi. The molecule has 4 rings (SSSR count). The minimum atomic E-state index is -0.401. The lowest BCUT2D eigenvalue weighted by molar-refractivity contribution is 0.437. The van der Waals surface area contributed by atoms with Crippen LogP contribution in [0.25, 0.3) is 22.3 Å². The Morgan fingerprint density at radius 1 is 0.714 bits per heavy atom. The van der Waals surface area contributed by atoms with Crippen molar-refractivity contribution in [1.29, 1.82) is 0 Å². The molecule has 1 aliphatic heterocycles. The zero-order valence-corrected chi connectivity index (χ0v) is 23.0. The molecule has 0 amide bonds. The summed E-state index contributed by atoms with van der Waals surface area (Å²) in [6.45, 7) is 4.49. The number of benzene rings is 3. The normalized spacial score (nSPS) is 18.0. The molecule has 0 spiro atoms. The maximum absolute atomic E-state index is 15.0. The van der Waals surface area contributed by atoms with E-state index >= 15 is 0 Å². The maximum Gasteiger partial charge on any atom is 0.131 e. The first-order valence-corrected chi connectivity index (χ1v) is 16.6. The first-order chi connectivity index (χ1) is 17.2. The summed E-state index contributed by atoms with van der Waals surface area (Å²) in [7, 11) is -0.401. The van der Waals surface area contributed by atoms with Gasteiger partial charge in [-0.1, -0.05) is 131 Å². The van der Waals surface area contributed by atoms with Crippen LogP contribution in [0.2, 0.25) is 18.1 Å². The monoisotopic (exact) mass is 486 g/mol. The van der Waals surface area contributed by atoms with Gasteiger partial charge in [0.25, 0.3) is 0 Å². The van der Waals surface area contributed by atoms with Crippen LogP contribution in [-0.4, -0.2) is 8.80 Å². The van der Waals surface area contributed by atoms with E-state index in [9.17, 15) is 4.39 Å². The lowest BCUT2D eigenvalue weighted by atomic mass is 9.93. The van der Waals surface area contributed by atoms with Crippen LogP contribution in [0.5, 0.6) is 0 Å². The van der Waals surface area contributed by atoms with Crippen molar-refractivity contribution in [1.82, 2.24) is 0 Å². The predicted octanol–water partition coefficient (Wildman–Crippen LogP) is 9.87. The number of hydrogen-bond acceptors (Lipinski definition) is 0. The van der Waals surface area contributed by atoms with Crippen LogP contribution in [-0.2, 0) is 12.8 Å². The zero-order chi connectivity index (χ0) is 24.5. The average Bonchev–Trinajstić information content (AvgIpc) is 2.89. The largest absolute Gasteiger partial charge is 0.206 e. The van der Waals surface area contributed by atoms with Crippen LogP contribution in [0.15, 0.2) is 66.7 Å². The molecular weight excluding hydrogens is 443 g/mol. The highest BCUT2D eigenvalue weighted by atomic mass is 28.3. The summed E-state index contributed by atoms with van der Waals surface area (Å²) in [6, 6.07) is 27.6. The molecule has 1 fully saturated rings. The lowest BCUT2D eigenvalue weighted by Gasteiger charge is -2.27. The quantitative estimate of drug-likeness (QED) is 0.187. The van der Waals surface area contributed by atoms with Crippen molar-refractivity contribution in [2.75, 3.05) is 0 Å². The fourth-order valence-electron chi connectivity index (χ4n) is 5.79. The van der Waals surface area contributed by atoms with Crippen LogP contribution >= 0.6 is 0 Å². The van der Waals surface area contributed by atoms with Gasteiger partial charge in [-0.2, -0.15) is 0 Å². The fourth-order valence-corrected chi connectivity index (χ4v) is 9.41. The second-order valence-corrected chi connectivity index (χ2v) is 14.2. The van der Waals surface area contributed by atoms with E-state index in [-0.39, 0.29) is 5.82 Å². The van der Waals surface area contributed by atoms with Crippen LogP contribution in [0.3, 0.4) is 0 Å². The van der Waals surface area contributed by atoms with E-state index in [0.29, 0.717) is 5.56 Å². The average molecular weight is 487 g/mol. The van der Waals surface area contributed by atoms with Crippen molar-refractivity contribution < 1.29 is 4.39 Å². The standard InChI is InChI=1S/C33H43FSi/c1-3-5-6-22-35-23-20-28(21-24-35)9-8-27-10-14-29(15-11-27)31-18-19-32(33(34)25-31)30-16-12-26(7-4-2)13-17-30/h10-19,25,28,35H,3-9,20-24H2,1-2H3. The molecule has 0 aliphatic carbocycles. The summed E-state index contributed by atoms with van der Waals surface area (Å²) in [5, 5.41) is 0. The highest BCUT2D eigenvalue weighted by Crippen LogP contribution is 2.32. The summed E-state index contributed by atoms with van der Waals surface area (Å²) < 4.78 is 15.0. The molecule has 0 N–H and O–H groups in total. The molecule has 1 heterocycles. The van der Waals surface area contributed by atoms with Gasteiger partial charge in [0.2, 0.25) is 0 Å². The van der Waals surface area contributed by atoms with E-state index in [1.807, 2.05) is 18.2 Å². The Kier molecular flexibility index (Phi) is 9.77. The molecule has 35 heavy (non-hydrogen) atoms. The van der Waals surface area contributed by atoms with Crippen molar-refractivity contribution in [2.24, 2.45) is 5.92 Å². The predicted molar refractivity (Wildman–Crippen MR) is 153 cm³/mol. The number of unbranched alkanes of at least 4 members (excludes halogenated alkanes) is 2. The van der Waals surface area contributed by atoms with Crippen LogP contribution in [0.1, 0.15) is 69.9 Å². The van der Waals surface area contributed by atoms with Crippen LogP contribution in [0.4, 0.5) is 4.39 Å². The van der Waals surface area contributed by atoms with Gasteiger partial charge in [-0.3, -0.25) is 0 Å². The smallest absolute Gasteiger partial charge is 0.131 e. The molecule has 0 radical (unpaired) electrons. The molecule has 1 saturated heterocycles. The summed E-state index contributed by atoms with van der Waals surface area (Å²) in [5.41, 5.74) is 6.40. The topological polar surface area (TPSA) is 0 Å². The first kappa shape index (κ1) is 25.9. The Labute approximate surface area is 214 Å². The summed E-state index contributed by atoms with van der Waals surface area (Å²) in [6.07, 6.45) is 11.9. The Hall–Kier alpha value is -2.19. The van der Waals surface area contributed by atoms with E-state index in [2.05, 4.69) is 56.3 Å². The van der Waals surface area contributed by atoms with E-state index in [4.69, 9.17) is 0 Å².